The maximum Gasteiger partial charge on any atom is 0.254 e. The fourth-order valence-corrected chi connectivity index (χ4v) is 2.09. The number of nitriles is 1. The predicted octanol–water partition coefficient (Wildman–Crippen LogP) is 2.92. The van der Waals surface area contributed by atoms with Gasteiger partial charge < -0.3 is 10.2 Å². The Balaban J connectivity index is 1.98. The summed E-state index contributed by atoms with van der Waals surface area (Å²) in [6.07, 6.45) is 0. The molecule has 1 N–H and O–H groups in total. The van der Waals surface area contributed by atoms with E-state index in [-0.39, 0.29) is 18.4 Å². The molecule has 0 aliphatic carbocycles. The van der Waals surface area contributed by atoms with Crippen molar-refractivity contribution in [3.8, 4) is 6.07 Å². The first kappa shape index (κ1) is 16.5. The van der Waals surface area contributed by atoms with E-state index in [4.69, 9.17) is 16.9 Å². The van der Waals surface area contributed by atoms with Crippen LogP contribution in [0, 0.1) is 11.3 Å². The number of amides is 2. The van der Waals surface area contributed by atoms with Gasteiger partial charge in [-0.1, -0.05) is 17.7 Å². The Labute approximate surface area is 139 Å². The van der Waals surface area contributed by atoms with Gasteiger partial charge in [-0.3, -0.25) is 9.59 Å². The van der Waals surface area contributed by atoms with Crippen LogP contribution in [0.5, 0.6) is 0 Å². The fraction of sp³-hybridized carbons (Fsp3) is 0.118. The number of likely N-dealkylation sites (N-methyl/N-ethyl adjacent to an activating group) is 1. The molecule has 0 fully saturated rings. The van der Waals surface area contributed by atoms with E-state index < -0.39 is 0 Å². The van der Waals surface area contributed by atoms with Crippen molar-refractivity contribution in [3.05, 3.63) is 64.7 Å². The van der Waals surface area contributed by atoms with Crippen LogP contribution >= 0.6 is 11.6 Å². The minimum absolute atomic E-state index is 0.0990. The van der Waals surface area contributed by atoms with E-state index in [9.17, 15) is 9.59 Å². The van der Waals surface area contributed by atoms with Crippen molar-refractivity contribution in [1.29, 1.82) is 5.26 Å². The van der Waals surface area contributed by atoms with Gasteiger partial charge in [-0.2, -0.15) is 5.26 Å². The number of anilines is 1. The van der Waals surface area contributed by atoms with Crippen molar-refractivity contribution in [2.75, 3.05) is 18.9 Å². The zero-order chi connectivity index (χ0) is 16.8. The lowest BCUT2D eigenvalue weighted by molar-refractivity contribution is -0.116. The molecule has 6 heteroatoms. The minimum Gasteiger partial charge on any atom is -0.332 e. The fourth-order valence-electron chi connectivity index (χ4n) is 1.96. The molecule has 2 amide bonds. The molecule has 0 radical (unpaired) electrons. The highest BCUT2D eigenvalue weighted by molar-refractivity contribution is 6.30. The number of hydrogen-bond acceptors (Lipinski definition) is 3. The molecule has 0 aliphatic rings. The lowest BCUT2D eigenvalue weighted by Gasteiger charge is -2.17. The number of carbonyl (C=O) groups excluding carboxylic acids is 2. The largest absolute Gasteiger partial charge is 0.332 e. The third-order valence-electron chi connectivity index (χ3n) is 3.09. The topological polar surface area (TPSA) is 73.2 Å². The van der Waals surface area contributed by atoms with Crippen molar-refractivity contribution in [2.24, 2.45) is 0 Å². The summed E-state index contributed by atoms with van der Waals surface area (Å²) in [5.74, 6) is -0.645. The zero-order valence-electron chi connectivity index (χ0n) is 12.4. The molecule has 2 rings (SSSR count). The molecule has 0 aromatic heterocycles. The number of halogens is 1. The first-order valence-corrected chi connectivity index (χ1v) is 7.18. The van der Waals surface area contributed by atoms with E-state index in [1.54, 1.807) is 42.5 Å². The van der Waals surface area contributed by atoms with E-state index >= 15 is 0 Å². The summed E-state index contributed by atoms with van der Waals surface area (Å²) in [7, 11) is 1.53. The first-order chi connectivity index (χ1) is 11.0. The van der Waals surface area contributed by atoms with Crippen LogP contribution in [0.2, 0.25) is 5.02 Å². The molecule has 116 valence electrons. The van der Waals surface area contributed by atoms with Gasteiger partial charge in [0.05, 0.1) is 18.2 Å². The van der Waals surface area contributed by atoms with E-state index in [1.165, 1.54) is 18.0 Å². The maximum absolute atomic E-state index is 12.3. The maximum atomic E-state index is 12.3. The van der Waals surface area contributed by atoms with Crippen molar-refractivity contribution in [3.63, 3.8) is 0 Å². The van der Waals surface area contributed by atoms with E-state index in [1.807, 2.05) is 6.07 Å². The molecular formula is C17H14ClN3O2. The van der Waals surface area contributed by atoms with Crippen molar-refractivity contribution in [1.82, 2.24) is 4.90 Å². The molecule has 0 bridgehead atoms. The molecule has 2 aromatic carbocycles. The van der Waals surface area contributed by atoms with Crippen LogP contribution in [0.15, 0.2) is 48.5 Å². The number of carbonyl (C=O) groups is 2. The second-order valence-corrected chi connectivity index (χ2v) is 5.35. The van der Waals surface area contributed by atoms with E-state index in [2.05, 4.69) is 5.32 Å². The van der Waals surface area contributed by atoms with Crippen LogP contribution in [0.3, 0.4) is 0 Å². The van der Waals surface area contributed by atoms with Crippen LogP contribution in [-0.4, -0.2) is 30.3 Å². The Morgan fingerprint density at radius 3 is 2.57 bits per heavy atom. The van der Waals surface area contributed by atoms with Gasteiger partial charge in [0, 0.05) is 23.3 Å². The molecule has 0 heterocycles. The molecule has 0 unspecified atom stereocenters. The molecule has 0 saturated carbocycles. The number of nitrogens with zero attached hydrogens (tertiary/aromatic N) is 2. The first-order valence-electron chi connectivity index (χ1n) is 6.80. The molecule has 23 heavy (non-hydrogen) atoms. The van der Waals surface area contributed by atoms with Gasteiger partial charge in [-0.15, -0.1) is 0 Å². The van der Waals surface area contributed by atoms with Gasteiger partial charge in [0.15, 0.2) is 0 Å². The molecule has 5 nitrogen and oxygen atoms in total. The third-order valence-corrected chi connectivity index (χ3v) is 3.35. The Kier molecular flexibility index (Phi) is 5.34. The second-order valence-electron chi connectivity index (χ2n) is 4.91. The number of rotatable bonds is 4. The summed E-state index contributed by atoms with van der Waals surface area (Å²) in [5, 5.41) is 12.1. The van der Waals surface area contributed by atoms with Crippen molar-refractivity contribution < 1.29 is 9.59 Å². The molecule has 0 atom stereocenters. The molecule has 0 spiro atoms. The van der Waals surface area contributed by atoms with Crippen molar-refractivity contribution >= 4 is 29.1 Å². The molecule has 0 saturated heterocycles. The lowest BCUT2D eigenvalue weighted by Crippen LogP contribution is -2.34. The van der Waals surface area contributed by atoms with Gasteiger partial charge in [-0.25, -0.2) is 0 Å². The monoisotopic (exact) mass is 327 g/mol. The average Bonchev–Trinajstić information content (AvgIpc) is 2.56. The predicted molar refractivity (Wildman–Crippen MR) is 88.2 cm³/mol. The molecule has 2 aromatic rings. The Bertz CT molecular complexity index is 766. The Morgan fingerprint density at radius 1 is 1.22 bits per heavy atom. The average molecular weight is 328 g/mol. The van der Waals surface area contributed by atoms with Crippen LogP contribution in [0.25, 0.3) is 0 Å². The summed E-state index contributed by atoms with van der Waals surface area (Å²) >= 11 is 5.78. The SMILES string of the molecule is CN(CC(=O)Nc1ccc(Cl)cc1)C(=O)c1cccc(C#N)c1. The molecular weight excluding hydrogens is 314 g/mol. The highest BCUT2D eigenvalue weighted by Gasteiger charge is 2.15. The second kappa shape index (κ2) is 7.43. The summed E-state index contributed by atoms with van der Waals surface area (Å²) in [4.78, 5) is 25.5. The van der Waals surface area contributed by atoms with Crippen LogP contribution < -0.4 is 5.32 Å². The van der Waals surface area contributed by atoms with Gasteiger partial charge in [0.25, 0.3) is 5.91 Å². The number of hydrogen-bond donors (Lipinski definition) is 1. The summed E-state index contributed by atoms with van der Waals surface area (Å²) in [6.45, 7) is -0.0990. The van der Waals surface area contributed by atoms with Gasteiger partial charge >= 0.3 is 0 Å². The number of benzene rings is 2. The normalized spacial score (nSPS) is 9.78. The van der Waals surface area contributed by atoms with Gasteiger partial charge in [0.1, 0.15) is 0 Å². The van der Waals surface area contributed by atoms with Crippen LogP contribution in [0.4, 0.5) is 5.69 Å². The van der Waals surface area contributed by atoms with Crippen LogP contribution in [-0.2, 0) is 4.79 Å². The van der Waals surface area contributed by atoms with Crippen molar-refractivity contribution in [2.45, 2.75) is 0 Å². The third kappa shape index (κ3) is 4.56. The van der Waals surface area contributed by atoms with E-state index in [0.29, 0.717) is 21.8 Å². The van der Waals surface area contributed by atoms with E-state index in [0.717, 1.165) is 0 Å². The summed E-state index contributed by atoms with van der Waals surface area (Å²) in [6, 6.07) is 15.0. The highest BCUT2D eigenvalue weighted by Crippen LogP contribution is 2.13. The molecule has 0 aliphatic heterocycles. The van der Waals surface area contributed by atoms with Crippen LogP contribution in [0.1, 0.15) is 15.9 Å². The number of nitrogens with one attached hydrogen (secondary N) is 1. The highest BCUT2D eigenvalue weighted by atomic mass is 35.5. The standard InChI is InChI=1S/C17H14ClN3O2/c1-21(17(23)13-4-2-3-12(9-13)10-19)11-16(22)20-15-7-5-14(18)6-8-15/h2-9H,11H2,1H3,(H,20,22). The lowest BCUT2D eigenvalue weighted by atomic mass is 10.1. The summed E-state index contributed by atoms with van der Waals surface area (Å²) in [5.41, 5.74) is 1.37. The smallest absolute Gasteiger partial charge is 0.254 e. The Hall–Kier alpha value is -2.84. The van der Waals surface area contributed by atoms with Gasteiger partial charge in [-0.05, 0) is 42.5 Å². The summed E-state index contributed by atoms with van der Waals surface area (Å²) < 4.78 is 0. The quantitative estimate of drug-likeness (QED) is 0.938. The minimum atomic E-state index is -0.326. The van der Waals surface area contributed by atoms with Gasteiger partial charge in [0.2, 0.25) is 5.91 Å². The zero-order valence-corrected chi connectivity index (χ0v) is 13.2. The Morgan fingerprint density at radius 2 is 1.91 bits per heavy atom.